The van der Waals surface area contributed by atoms with Gasteiger partial charge in [-0.05, 0) is 19.1 Å². The summed E-state index contributed by atoms with van der Waals surface area (Å²) in [6.45, 7) is 6.31. The Morgan fingerprint density at radius 3 is 2.37 bits per heavy atom. The van der Waals surface area contributed by atoms with E-state index in [9.17, 15) is 10.1 Å². The highest BCUT2D eigenvalue weighted by atomic mass is 16.6. The molecule has 0 aliphatic carbocycles. The number of rotatable bonds is 7. The molecule has 0 radical (unpaired) electrons. The second-order valence-electron chi connectivity index (χ2n) is 6.39. The first-order valence-corrected chi connectivity index (χ1v) is 8.91. The summed E-state index contributed by atoms with van der Waals surface area (Å²) in [4.78, 5) is 19.5. The number of aryl methyl sites for hydroxylation is 1. The minimum Gasteiger partial charge on any atom is -0.491 e. The molecule has 0 bridgehead atoms. The Balaban J connectivity index is 1.62. The van der Waals surface area contributed by atoms with Crippen LogP contribution in [-0.4, -0.2) is 56.4 Å². The van der Waals surface area contributed by atoms with E-state index in [4.69, 9.17) is 9.47 Å². The lowest BCUT2D eigenvalue weighted by molar-refractivity contribution is -0.384. The molecule has 27 heavy (non-hydrogen) atoms. The largest absolute Gasteiger partial charge is 0.491 e. The molecule has 1 fully saturated rings. The molecule has 0 amide bonds. The maximum absolute atomic E-state index is 10.8. The van der Waals surface area contributed by atoms with Crippen LogP contribution in [0.5, 0.6) is 5.75 Å². The molecule has 0 unspecified atom stereocenters. The molecule has 1 saturated heterocycles. The number of aromatic nitrogens is 1. The van der Waals surface area contributed by atoms with Gasteiger partial charge in [-0.2, -0.15) is 0 Å². The lowest BCUT2D eigenvalue weighted by Crippen LogP contribution is -2.46. The number of hydrogen-bond donors (Lipinski definition) is 0. The van der Waals surface area contributed by atoms with Gasteiger partial charge in [0.2, 0.25) is 0 Å². The predicted octanol–water partition coefficient (Wildman–Crippen LogP) is 2.65. The number of piperazine rings is 1. The van der Waals surface area contributed by atoms with Crippen LogP contribution < -0.4 is 14.5 Å². The van der Waals surface area contributed by atoms with Crippen molar-refractivity contribution in [3.05, 3.63) is 52.2 Å². The number of ether oxygens (including phenoxy) is 2. The fourth-order valence-electron chi connectivity index (χ4n) is 3.09. The molecule has 0 N–H and O–H groups in total. The zero-order chi connectivity index (χ0) is 19.2. The standard InChI is InChI=1S/C19H24N4O4/c1-15-13-18(27-12-11-26-2)14-19(20-15)22-9-7-21(8-10-22)16-3-5-17(6-4-16)23(24)25/h3-6,13-14H,7-12H2,1-2H3. The summed E-state index contributed by atoms with van der Waals surface area (Å²) in [6.07, 6.45) is 0. The minimum atomic E-state index is -0.378. The molecular weight excluding hydrogens is 348 g/mol. The molecule has 1 aliphatic heterocycles. The third kappa shape index (κ3) is 4.85. The number of benzene rings is 1. The van der Waals surface area contributed by atoms with Crippen molar-refractivity contribution in [3.8, 4) is 5.75 Å². The fraction of sp³-hybridized carbons (Fsp3) is 0.421. The molecule has 0 saturated carbocycles. The zero-order valence-corrected chi connectivity index (χ0v) is 15.6. The van der Waals surface area contributed by atoms with Crippen molar-refractivity contribution >= 4 is 17.2 Å². The van der Waals surface area contributed by atoms with Gasteiger partial charge in [-0.3, -0.25) is 10.1 Å². The molecular formula is C19H24N4O4. The molecule has 0 spiro atoms. The second-order valence-corrected chi connectivity index (χ2v) is 6.39. The lowest BCUT2D eigenvalue weighted by atomic mass is 10.2. The topological polar surface area (TPSA) is 81.0 Å². The Morgan fingerprint density at radius 1 is 1.07 bits per heavy atom. The van der Waals surface area contributed by atoms with Crippen LogP contribution in [0.3, 0.4) is 0 Å². The monoisotopic (exact) mass is 372 g/mol. The fourth-order valence-corrected chi connectivity index (χ4v) is 3.09. The van der Waals surface area contributed by atoms with Crippen LogP contribution in [0, 0.1) is 17.0 Å². The zero-order valence-electron chi connectivity index (χ0n) is 15.6. The Hall–Kier alpha value is -2.87. The van der Waals surface area contributed by atoms with Crippen molar-refractivity contribution in [3.63, 3.8) is 0 Å². The third-order valence-electron chi connectivity index (χ3n) is 4.50. The van der Waals surface area contributed by atoms with Gasteiger partial charge in [-0.15, -0.1) is 0 Å². The van der Waals surface area contributed by atoms with E-state index in [0.717, 1.165) is 49.1 Å². The molecule has 1 aliphatic rings. The molecule has 1 aromatic heterocycles. The summed E-state index contributed by atoms with van der Waals surface area (Å²) >= 11 is 0. The van der Waals surface area contributed by atoms with Crippen molar-refractivity contribution < 1.29 is 14.4 Å². The van der Waals surface area contributed by atoms with Crippen LogP contribution >= 0.6 is 0 Å². The van der Waals surface area contributed by atoms with E-state index < -0.39 is 0 Å². The average molecular weight is 372 g/mol. The van der Waals surface area contributed by atoms with E-state index in [-0.39, 0.29) is 10.6 Å². The van der Waals surface area contributed by atoms with Gasteiger partial charge >= 0.3 is 0 Å². The van der Waals surface area contributed by atoms with Gasteiger partial charge in [0.1, 0.15) is 18.2 Å². The van der Waals surface area contributed by atoms with Crippen LogP contribution in [0.4, 0.5) is 17.2 Å². The maximum Gasteiger partial charge on any atom is 0.269 e. The molecule has 2 heterocycles. The first kappa shape index (κ1) is 18.9. The first-order valence-electron chi connectivity index (χ1n) is 8.91. The Morgan fingerprint density at radius 2 is 1.74 bits per heavy atom. The van der Waals surface area contributed by atoms with Crippen molar-refractivity contribution in [2.24, 2.45) is 0 Å². The number of non-ortho nitro benzene ring substituents is 1. The number of anilines is 2. The molecule has 8 nitrogen and oxygen atoms in total. The van der Waals surface area contributed by atoms with Crippen molar-refractivity contribution in [1.82, 2.24) is 4.98 Å². The van der Waals surface area contributed by atoms with Crippen molar-refractivity contribution in [1.29, 1.82) is 0 Å². The Labute approximate surface area is 158 Å². The number of hydrogen-bond acceptors (Lipinski definition) is 7. The summed E-state index contributed by atoms with van der Waals surface area (Å²) in [7, 11) is 1.65. The maximum atomic E-state index is 10.8. The smallest absolute Gasteiger partial charge is 0.269 e. The van der Waals surface area contributed by atoms with E-state index in [1.54, 1.807) is 31.4 Å². The van der Waals surface area contributed by atoms with Gasteiger partial charge < -0.3 is 19.3 Å². The Bertz CT molecular complexity index is 774. The lowest BCUT2D eigenvalue weighted by Gasteiger charge is -2.36. The minimum absolute atomic E-state index is 0.113. The summed E-state index contributed by atoms with van der Waals surface area (Å²) < 4.78 is 10.7. The second kappa shape index (κ2) is 8.68. The van der Waals surface area contributed by atoms with Crippen LogP contribution in [0.2, 0.25) is 0 Å². The van der Waals surface area contributed by atoms with Gasteiger partial charge in [-0.1, -0.05) is 0 Å². The number of pyridine rings is 1. The molecule has 0 atom stereocenters. The Kier molecular flexibility index (Phi) is 6.08. The molecule has 144 valence electrons. The number of nitro benzene ring substituents is 1. The molecule has 2 aromatic rings. The third-order valence-corrected chi connectivity index (χ3v) is 4.50. The normalized spacial score (nSPS) is 14.3. The van der Waals surface area contributed by atoms with E-state index in [0.29, 0.717) is 13.2 Å². The quantitative estimate of drug-likeness (QED) is 0.420. The van der Waals surface area contributed by atoms with Crippen LogP contribution in [0.1, 0.15) is 5.69 Å². The van der Waals surface area contributed by atoms with Gasteiger partial charge in [-0.25, -0.2) is 4.98 Å². The van der Waals surface area contributed by atoms with E-state index >= 15 is 0 Å². The highest BCUT2D eigenvalue weighted by molar-refractivity contribution is 5.53. The van der Waals surface area contributed by atoms with E-state index in [1.165, 1.54) is 0 Å². The first-order chi connectivity index (χ1) is 13.1. The van der Waals surface area contributed by atoms with Crippen molar-refractivity contribution in [2.45, 2.75) is 6.92 Å². The predicted molar refractivity (Wildman–Crippen MR) is 104 cm³/mol. The number of nitrogens with zero attached hydrogens (tertiary/aromatic N) is 4. The summed E-state index contributed by atoms with van der Waals surface area (Å²) in [6, 6.07) is 10.6. The van der Waals surface area contributed by atoms with Crippen molar-refractivity contribution in [2.75, 3.05) is 56.3 Å². The molecule has 3 rings (SSSR count). The number of methoxy groups -OCH3 is 1. The molecule has 8 heteroatoms. The highest BCUT2D eigenvalue weighted by Gasteiger charge is 2.19. The average Bonchev–Trinajstić information content (AvgIpc) is 2.68. The summed E-state index contributed by atoms with van der Waals surface area (Å²) in [5.41, 5.74) is 2.03. The SMILES string of the molecule is COCCOc1cc(C)nc(N2CCN(c3ccc([N+](=O)[O-])cc3)CC2)c1. The van der Waals surface area contributed by atoms with Crippen LogP contribution in [0.15, 0.2) is 36.4 Å². The van der Waals surface area contributed by atoms with Gasteiger partial charge in [0.05, 0.1) is 11.5 Å². The van der Waals surface area contributed by atoms with E-state index in [1.807, 2.05) is 19.1 Å². The summed E-state index contributed by atoms with van der Waals surface area (Å²) in [5, 5.41) is 10.8. The van der Waals surface area contributed by atoms with Crippen LogP contribution in [-0.2, 0) is 4.74 Å². The van der Waals surface area contributed by atoms with Crippen LogP contribution in [0.25, 0.3) is 0 Å². The van der Waals surface area contributed by atoms with Gasteiger partial charge in [0, 0.05) is 68.9 Å². The van der Waals surface area contributed by atoms with Gasteiger partial charge in [0.25, 0.3) is 5.69 Å². The number of nitro groups is 1. The molecule has 1 aromatic carbocycles. The van der Waals surface area contributed by atoms with Gasteiger partial charge in [0.15, 0.2) is 0 Å². The summed E-state index contributed by atoms with van der Waals surface area (Å²) in [5.74, 6) is 1.71. The van der Waals surface area contributed by atoms with E-state index in [2.05, 4.69) is 14.8 Å². The highest BCUT2D eigenvalue weighted by Crippen LogP contribution is 2.24.